The Balaban J connectivity index is 2.19. The predicted octanol–water partition coefficient (Wildman–Crippen LogP) is 2.18. The molecule has 0 spiro atoms. The summed E-state index contributed by atoms with van der Waals surface area (Å²) in [6, 6.07) is 1.90. The highest BCUT2D eigenvalue weighted by Crippen LogP contribution is 2.25. The zero-order valence-corrected chi connectivity index (χ0v) is 9.91. The van der Waals surface area contributed by atoms with E-state index in [1.165, 1.54) is 0 Å². The Morgan fingerprint density at radius 1 is 1.56 bits per heavy atom. The van der Waals surface area contributed by atoms with Crippen LogP contribution in [0.2, 0.25) is 0 Å². The quantitative estimate of drug-likeness (QED) is 0.804. The van der Waals surface area contributed by atoms with Crippen LogP contribution >= 0.6 is 15.9 Å². The maximum atomic E-state index is 10.4. The van der Waals surface area contributed by atoms with E-state index in [1.807, 2.05) is 18.5 Å². The molecule has 0 aliphatic rings. The maximum Gasteiger partial charge on any atom is 0.303 e. The lowest BCUT2D eigenvalue weighted by Gasteiger charge is -1.91. The van der Waals surface area contributed by atoms with Gasteiger partial charge in [0.05, 0.1) is 6.42 Å². The lowest BCUT2D eigenvalue weighted by molar-refractivity contribution is -0.137. The first-order valence-corrected chi connectivity index (χ1v) is 5.55. The van der Waals surface area contributed by atoms with Gasteiger partial charge in [0.1, 0.15) is 16.1 Å². The van der Waals surface area contributed by atoms with Crippen molar-refractivity contribution in [2.75, 3.05) is 0 Å². The van der Waals surface area contributed by atoms with Gasteiger partial charge in [-0.15, -0.1) is 0 Å². The number of hydrogen-bond acceptors (Lipinski definition) is 2. The molecule has 0 saturated carbocycles. The van der Waals surface area contributed by atoms with Gasteiger partial charge in [0.2, 0.25) is 0 Å². The van der Waals surface area contributed by atoms with Crippen molar-refractivity contribution in [3.05, 3.63) is 28.9 Å². The van der Waals surface area contributed by atoms with Crippen molar-refractivity contribution in [1.29, 1.82) is 0 Å². The third-order valence-corrected chi connectivity index (χ3v) is 2.73. The van der Waals surface area contributed by atoms with Crippen LogP contribution in [-0.2, 0) is 11.2 Å². The Hall–Kier alpha value is -1.56. The first-order chi connectivity index (χ1) is 7.66. The van der Waals surface area contributed by atoms with Crippen molar-refractivity contribution >= 4 is 21.9 Å². The number of carboxylic acids is 1. The van der Waals surface area contributed by atoms with E-state index in [2.05, 4.69) is 30.9 Å². The molecule has 0 amide bonds. The normalized spacial score (nSPS) is 10.6. The SMILES string of the molecule is O=C(O)CCc1nc(-c2cc[nH]c2)c(Br)[nH]1. The van der Waals surface area contributed by atoms with Crippen molar-refractivity contribution in [3.63, 3.8) is 0 Å². The zero-order valence-electron chi connectivity index (χ0n) is 8.33. The molecule has 2 heterocycles. The smallest absolute Gasteiger partial charge is 0.303 e. The van der Waals surface area contributed by atoms with Gasteiger partial charge >= 0.3 is 5.97 Å². The van der Waals surface area contributed by atoms with Gasteiger partial charge in [-0.05, 0) is 22.0 Å². The third-order valence-electron chi connectivity index (χ3n) is 2.16. The number of halogens is 1. The van der Waals surface area contributed by atoms with Crippen LogP contribution in [0.3, 0.4) is 0 Å². The number of nitrogens with one attached hydrogen (secondary N) is 2. The van der Waals surface area contributed by atoms with Gasteiger partial charge in [-0.3, -0.25) is 4.79 Å². The van der Waals surface area contributed by atoms with Crippen LogP contribution in [0.5, 0.6) is 0 Å². The lowest BCUT2D eigenvalue weighted by atomic mass is 10.3. The van der Waals surface area contributed by atoms with Crippen molar-refractivity contribution in [3.8, 4) is 11.3 Å². The molecule has 0 atom stereocenters. The maximum absolute atomic E-state index is 10.4. The van der Waals surface area contributed by atoms with Crippen LogP contribution in [-0.4, -0.2) is 26.0 Å². The number of aromatic amines is 2. The van der Waals surface area contributed by atoms with Crippen LogP contribution in [0.15, 0.2) is 23.1 Å². The average Bonchev–Trinajstić information content (AvgIpc) is 2.83. The fourth-order valence-electron chi connectivity index (χ4n) is 1.40. The molecule has 0 unspecified atom stereocenters. The third kappa shape index (κ3) is 2.33. The lowest BCUT2D eigenvalue weighted by Crippen LogP contribution is -1.98. The predicted molar refractivity (Wildman–Crippen MR) is 62.0 cm³/mol. The van der Waals surface area contributed by atoms with Crippen LogP contribution in [0, 0.1) is 0 Å². The molecule has 6 heteroatoms. The van der Waals surface area contributed by atoms with Crippen LogP contribution in [0.25, 0.3) is 11.3 Å². The second-order valence-electron chi connectivity index (χ2n) is 3.34. The van der Waals surface area contributed by atoms with Gasteiger partial charge in [-0.1, -0.05) is 0 Å². The van der Waals surface area contributed by atoms with E-state index in [1.54, 1.807) is 0 Å². The number of rotatable bonds is 4. The Labute approximate surface area is 100 Å². The molecule has 0 aliphatic heterocycles. The van der Waals surface area contributed by atoms with Crippen LogP contribution in [0.1, 0.15) is 12.2 Å². The molecule has 3 N–H and O–H groups in total. The Bertz CT molecular complexity index is 490. The molecule has 0 radical (unpaired) electrons. The topological polar surface area (TPSA) is 81.8 Å². The molecule has 0 aromatic carbocycles. The summed E-state index contributed by atoms with van der Waals surface area (Å²) in [5, 5.41) is 8.58. The minimum absolute atomic E-state index is 0.0759. The molecule has 0 saturated heterocycles. The fourth-order valence-corrected chi connectivity index (χ4v) is 1.95. The summed E-state index contributed by atoms with van der Waals surface area (Å²) in [5.74, 6) is -0.152. The number of hydrogen-bond donors (Lipinski definition) is 3. The summed E-state index contributed by atoms with van der Waals surface area (Å²) >= 11 is 3.37. The number of nitrogens with zero attached hydrogens (tertiary/aromatic N) is 1. The minimum Gasteiger partial charge on any atom is -0.481 e. The molecule has 2 aromatic heterocycles. The molecular formula is C10H10BrN3O2. The van der Waals surface area contributed by atoms with E-state index in [0.717, 1.165) is 15.9 Å². The zero-order chi connectivity index (χ0) is 11.5. The van der Waals surface area contributed by atoms with Gasteiger partial charge in [-0.25, -0.2) is 4.98 Å². The molecule has 0 fully saturated rings. The van der Waals surface area contributed by atoms with E-state index >= 15 is 0 Å². The Morgan fingerprint density at radius 2 is 2.38 bits per heavy atom. The number of imidazole rings is 1. The van der Waals surface area contributed by atoms with Gasteiger partial charge in [0.15, 0.2) is 0 Å². The highest BCUT2D eigenvalue weighted by Gasteiger charge is 2.11. The molecule has 2 aromatic rings. The summed E-state index contributed by atoms with van der Waals surface area (Å²) < 4.78 is 0.771. The molecule has 0 bridgehead atoms. The van der Waals surface area contributed by atoms with Gasteiger partial charge in [0.25, 0.3) is 0 Å². The second kappa shape index (κ2) is 4.52. The Morgan fingerprint density at radius 3 is 3.00 bits per heavy atom. The highest BCUT2D eigenvalue weighted by atomic mass is 79.9. The van der Waals surface area contributed by atoms with Crippen molar-refractivity contribution < 1.29 is 9.90 Å². The number of aromatic nitrogens is 3. The van der Waals surface area contributed by atoms with Crippen LogP contribution < -0.4 is 0 Å². The molecule has 0 aliphatic carbocycles. The number of aryl methyl sites for hydroxylation is 1. The largest absolute Gasteiger partial charge is 0.481 e. The minimum atomic E-state index is -0.823. The summed E-state index contributed by atoms with van der Waals surface area (Å²) in [6.45, 7) is 0. The van der Waals surface area contributed by atoms with Gasteiger partial charge < -0.3 is 15.1 Å². The molecule has 5 nitrogen and oxygen atoms in total. The Kier molecular flexibility index (Phi) is 3.09. The van der Waals surface area contributed by atoms with Gasteiger partial charge in [0, 0.05) is 24.4 Å². The van der Waals surface area contributed by atoms with Crippen molar-refractivity contribution in [1.82, 2.24) is 15.0 Å². The molecule has 2 rings (SSSR count). The van der Waals surface area contributed by atoms with Crippen LogP contribution in [0.4, 0.5) is 0 Å². The number of carbonyl (C=O) groups is 1. The number of H-pyrrole nitrogens is 2. The number of aliphatic carboxylic acids is 1. The molecular weight excluding hydrogens is 274 g/mol. The summed E-state index contributed by atoms with van der Waals surface area (Å²) in [6.07, 6.45) is 4.13. The summed E-state index contributed by atoms with van der Waals surface area (Å²) in [4.78, 5) is 20.7. The van der Waals surface area contributed by atoms with E-state index in [9.17, 15) is 4.79 Å². The molecule has 84 valence electrons. The average molecular weight is 284 g/mol. The van der Waals surface area contributed by atoms with E-state index in [-0.39, 0.29) is 6.42 Å². The standard InChI is InChI=1S/C10H10BrN3O2/c11-10-9(6-3-4-12-5-6)13-7(14-10)1-2-8(15)16/h3-5,12H,1-2H2,(H,13,14)(H,15,16). The van der Waals surface area contributed by atoms with E-state index in [0.29, 0.717) is 12.2 Å². The summed E-state index contributed by atoms with van der Waals surface area (Å²) in [7, 11) is 0. The summed E-state index contributed by atoms with van der Waals surface area (Å²) in [5.41, 5.74) is 1.76. The van der Waals surface area contributed by atoms with E-state index < -0.39 is 5.97 Å². The first kappa shape index (κ1) is 10.9. The fraction of sp³-hybridized carbons (Fsp3) is 0.200. The van der Waals surface area contributed by atoms with Crippen molar-refractivity contribution in [2.45, 2.75) is 12.8 Å². The number of carboxylic acid groups (broad SMARTS) is 1. The van der Waals surface area contributed by atoms with Crippen molar-refractivity contribution in [2.24, 2.45) is 0 Å². The van der Waals surface area contributed by atoms with E-state index in [4.69, 9.17) is 5.11 Å². The monoisotopic (exact) mass is 283 g/mol. The first-order valence-electron chi connectivity index (χ1n) is 4.76. The van der Waals surface area contributed by atoms with Gasteiger partial charge in [-0.2, -0.15) is 0 Å². The highest BCUT2D eigenvalue weighted by molar-refractivity contribution is 9.10. The molecule has 16 heavy (non-hydrogen) atoms. The second-order valence-corrected chi connectivity index (χ2v) is 4.13.